The van der Waals surface area contributed by atoms with Crippen LogP contribution in [0.5, 0.6) is 0 Å². The molecule has 0 saturated carbocycles. The highest BCUT2D eigenvalue weighted by Gasteiger charge is 2.53. The summed E-state index contributed by atoms with van der Waals surface area (Å²) in [5.41, 5.74) is 2.57. The van der Waals surface area contributed by atoms with Gasteiger partial charge in [-0.05, 0) is 42.2 Å². The minimum Gasteiger partial charge on any atom is -0.287 e. The molecule has 0 unspecified atom stereocenters. The summed E-state index contributed by atoms with van der Waals surface area (Å²) in [6.07, 6.45) is -2.94. The molecule has 0 aliphatic carbocycles. The van der Waals surface area contributed by atoms with Crippen LogP contribution >= 0.6 is 0 Å². The van der Waals surface area contributed by atoms with Crippen molar-refractivity contribution in [3.05, 3.63) is 47.5 Å². The van der Waals surface area contributed by atoms with E-state index in [2.05, 4.69) is 5.43 Å². The number of rotatable bonds is 4. The SMILES string of the molecule is CCCc1cc([C@H](N2NC(=O)CC2(C)C)C(F)(F)F)c2ccccc2c1. The molecule has 0 aromatic heterocycles. The summed E-state index contributed by atoms with van der Waals surface area (Å²) >= 11 is 0. The quantitative estimate of drug-likeness (QED) is 0.836. The minimum absolute atomic E-state index is 0.0339. The first-order chi connectivity index (χ1) is 12.1. The molecule has 2 aromatic carbocycles. The van der Waals surface area contributed by atoms with Crippen molar-refractivity contribution in [3.8, 4) is 0 Å². The molecule has 0 bridgehead atoms. The van der Waals surface area contributed by atoms with E-state index in [1.165, 1.54) is 0 Å². The number of carbonyl (C=O) groups excluding carboxylic acids is 1. The van der Waals surface area contributed by atoms with Crippen LogP contribution in [0.2, 0.25) is 0 Å². The van der Waals surface area contributed by atoms with Crippen LogP contribution in [0, 0.1) is 0 Å². The lowest BCUT2D eigenvalue weighted by Crippen LogP contribution is -2.51. The van der Waals surface area contributed by atoms with Gasteiger partial charge in [0.25, 0.3) is 0 Å². The lowest BCUT2D eigenvalue weighted by atomic mass is 9.91. The zero-order valence-electron chi connectivity index (χ0n) is 15.2. The second-order valence-corrected chi connectivity index (χ2v) is 7.49. The summed E-state index contributed by atoms with van der Waals surface area (Å²) in [4.78, 5) is 11.8. The van der Waals surface area contributed by atoms with Gasteiger partial charge < -0.3 is 0 Å². The van der Waals surface area contributed by atoms with Gasteiger partial charge in [-0.3, -0.25) is 10.2 Å². The maximum atomic E-state index is 14.2. The first-order valence-electron chi connectivity index (χ1n) is 8.80. The van der Waals surface area contributed by atoms with Crippen LogP contribution in [0.4, 0.5) is 13.2 Å². The van der Waals surface area contributed by atoms with Gasteiger partial charge >= 0.3 is 6.18 Å². The van der Waals surface area contributed by atoms with E-state index in [1.807, 2.05) is 25.1 Å². The molecule has 1 heterocycles. The number of carbonyl (C=O) groups is 1. The summed E-state index contributed by atoms with van der Waals surface area (Å²) in [5.74, 6) is -0.390. The zero-order valence-corrected chi connectivity index (χ0v) is 15.2. The topological polar surface area (TPSA) is 32.3 Å². The van der Waals surface area contributed by atoms with Gasteiger partial charge in [-0.1, -0.05) is 49.7 Å². The van der Waals surface area contributed by atoms with Gasteiger partial charge in [0.15, 0.2) is 6.04 Å². The second-order valence-electron chi connectivity index (χ2n) is 7.49. The molecule has 2 aromatic rings. The van der Waals surface area contributed by atoms with Crippen molar-refractivity contribution >= 4 is 16.7 Å². The molecular weight excluding hydrogens is 341 g/mol. The lowest BCUT2D eigenvalue weighted by molar-refractivity contribution is -0.203. The molecule has 3 nitrogen and oxygen atoms in total. The Balaban J connectivity index is 2.23. The van der Waals surface area contributed by atoms with E-state index in [1.54, 1.807) is 32.0 Å². The zero-order chi connectivity index (χ0) is 19.1. The van der Waals surface area contributed by atoms with E-state index < -0.39 is 23.7 Å². The molecule has 0 spiro atoms. The fourth-order valence-electron chi connectivity index (χ4n) is 3.74. The normalized spacial score (nSPS) is 18.9. The van der Waals surface area contributed by atoms with Crippen LogP contribution in [0.1, 0.15) is 50.8 Å². The van der Waals surface area contributed by atoms with Gasteiger partial charge in [0.1, 0.15) is 0 Å². The Morgan fingerprint density at radius 3 is 2.50 bits per heavy atom. The van der Waals surface area contributed by atoms with Crippen LogP contribution in [0.3, 0.4) is 0 Å². The Kier molecular flexibility index (Phi) is 4.73. The maximum Gasteiger partial charge on any atom is 0.409 e. The molecule has 1 aliphatic heterocycles. The van der Waals surface area contributed by atoms with Crippen molar-refractivity contribution in [2.75, 3.05) is 0 Å². The van der Waals surface area contributed by atoms with E-state index in [0.717, 1.165) is 22.4 Å². The number of hydrogen-bond acceptors (Lipinski definition) is 2. The average molecular weight is 364 g/mol. The summed E-state index contributed by atoms with van der Waals surface area (Å²) in [6.45, 7) is 5.31. The highest BCUT2D eigenvalue weighted by molar-refractivity contribution is 5.87. The van der Waals surface area contributed by atoms with Gasteiger partial charge in [0, 0.05) is 12.0 Å². The van der Waals surface area contributed by atoms with E-state index >= 15 is 0 Å². The van der Waals surface area contributed by atoms with E-state index in [-0.39, 0.29) is 12.0 Å². The summed E-state index contributed by atoms with van der Waals surface area (Å²) in [5, 5.41) is 2.42. The summed E-state index contributed by atoms with van der Waals surface area (Å²) in [6, 6.07) is 8.81. The fraction of sp³-hybridized carbons (Fsp3) is 0.450. The molecule has 6 heteroatoms. The number of aryl methyl sites for hydroxylation is 1. The number of halogens is 3. The number of hydrazine groups is 1. The third-order valence-electron chi connectivity index (χ3n) is 4.85. The van der Waals surface area contributed by atoms with E-state index in [4.69, 9.17) is 0 Å². The standard InChI is InChI=1S/C20H23F3N2O/c1-4-7-13-10-14-8-5-6-9-15(14)16(11-13)18(20(21,22)23)25-19(2,3)12-17(26)24-25/h5-6,8-11,18H,4,7,12H2,1-3H3,(H,24,26)/t18-/m0/s1. The first-order valence-corrected chi connectivity index (χ1v) is 8.80. The minimum atomic E-state index is -4.53. The van der Waals surface area contributed by atoms with Crippen molar-refractivity contribution in [3.63, 3.8) is 0 Å². The van der Waals surface area contributed by atoms with Crippen LogP contribution in [-0.2, 0) is 11.2 Å². The number of hydrogen-bond donors (Lipinski definition) is 1. The molecule has 0 radical (unpaired) electrons. The molecule has 26 heavy (non-hydrogen) atoms. The lowest BCUT2D eigenvalue weighted by Gasteiger charge is -2.38. The Morgan fingerprint density at radius 2 is 1.92 bits per heavy atom. The third-order valence-corrected chi connectivity index (χ3v) is 4.85. The number of fused-ring (bicyclic) bond motifs is 1. The summed E-state index contributed by atoms with van der Waals surface area (Å²) < 4.78 is 42.5. The number of benzene rings is 2. The number of nitrogens with one attached hydrogen (secondary N) is 1. The number of alkyl halides is 3. The predicted molar refractivity (Wildman–Crippen MR) is 95.4 cm³/mol. The fourth-order valence-corrected chi connectivity index (χ4v) is 3.74. The number of amides is 1. The smallest absolute Gasteiger partial charge is 0.287 e. The molecule has 140 valence electrons. The molecule has 1 aliphatic rings. The molecule has 1 N–H and O–H groups in total. The van der Waals surface area contributed by atoms with Crippen molar-refractivity contribution in [2.24, 2.45) is 0 Å². The van der Waals surface area contributed by atoms with Crippen LogP contribution in [-0.4, -0.2) is 22.6 Å². The Morgan fingerprint density at radius 1 is 1.23 bits per heavy atom. The Labute approximate surface area is 151 Å². The Bertz CT molecular complexity index is 829. The first kappa shape index (κ1) is 18.7. The monoisotopic (exact) mass is 364 g/mol. The highest BCUT2D eigenvalue weighted by atomic mass is 19.4. The highest BCUT2D eigenvalue weighted by Crippen LogP contribution is 2.45. The Hall–Kier alpha value is -2.08. The average Bonchev–Trinajstić information content (AvgIpc) is 2.79. The molecule has 1 fully saturated rings. The largest absolute Gasteiger partial charge is 0.409 e. The van der Waals surface area contributed by atoms with E-state index in [9.17, 15) is 18.0 Å². The van der Waals surface area contributed by atoms with Gasteiger partial charge in [-0.15, -0.1) is 0 Å². The molecule has 1 saturated heterocycles. The third kappa shape index (κ3) is 3.43. The summed E-state index contributed by atoms with van der Waals surface area (Å²) in [7, 11) is 0. The van der Waals surface area contributed by atoms with Gasteiger partial charge in [-0.2, -0.15) is 18.2 Å². The van der Waals surface area contributed by atoms with Gasteiger partial charge in [-0.25, -0.2) is 0 Å². The number of nitrogens with zero attached hydrogens (tertiary/aromatic N) is 1. The van der Waals surface area contributed by atoms with Crippen molar-refractivity contribution in [1.29, 1.82) is 0 Å². The van der Waals surface area contributed by atoms with Crippen LogP contribution in [0.15, 0.2) is 36.4 Å². The molecule has 1 amide bonds. The van der Waals surface area contributed by atoms with Crippen molar-refractivity contribution < 1.29 is 18.0 Å². The molecule has 1 atom stereocenters. The van der Waals surface area contributed by atoms with Crippen molar-refractivity contribution in [2.45, 2.75) is 57.8 Å². The molecular formula is C20H23F3N2O. The second kappa shape index (κ2) is 6.58. The van der Waals surface area contributed by atoms with Crippen LogP contribution in [0.25, 0.3) is 10.8 Å². The maximum absolute atomic E-state index is 14.2. The molecule has 3 rings (SSSR count). The van der Waals surface area contributed by atoms with Gasteiger partial charge in [0.05, 0.1) is 0 Å². The van der Waals surface area contributed by atoms with Crippen molar-refractivity contribution in [1.82, 2.24) is 10.4 Å². The van der Waals surface area contributed by atoms with Gasteiger partial charge in [0.2, 0.25) is 5.91 Å². The van der Waals surface area contributed by atoms with E-state index in [0.29, 0.717) is 11.8 Å². The van der Waals surface area contributed by atoms with Crippen LogP contribution < -0.4 is 5.43 Å². The predicted octanol–water partition coefficient (Wildman–Crippen LogP) is 4.91.